The highest BCUT2D eigenvalue weighted by molar-refractivity contribution is 6.30. The van der Waals surface area contributed by atoms with Crippen LogP contribution in [0.1, 0.15) is 22.7 Å². The average Bonchev–Trinajstić information content (AvgIpc) is 2.99. The number of pyridine rings is 1. The van der Waals surface area contributed by atoms with Gasteiger partial charge in [-0.3, -0.25) is 14.6 Å². The quantitative estimate of drug-likeness (QED) is 0.295. The summed E-state index contributed by atoms with van der Waals surface area (Å²) in [6.07, 6.45) is 3.56. The van der Waals surface area contributed by atoms with Crippen LogP contribution in [0.5, 0.6) is 0 Å². The Bertz CT molecular complexity index is 1390. The molecular formula is C32H31ClN4O3. The molecule has 8 heteroatoms. The van der Waals surface area contributed by atoms with Crippen LogP contribution in [0.3, 0.4) is 0 Å². The second kappa shape index (κ2) is 13.2. The van der Waals surface area contributed by atoms with Crippen LogP contribution >= 0.6 is 11.6 Å². The van der Waals surface area contributed by atoms with Crippen molar-refractivity contribution < 1.29 is 14.3 Å². The number of aromatic nitrogens is 1. The van der Waals surface area contributed by atoms with Crippen molar-refractivity contribution in [1.82, 2.24) is 9.88 Å². The summed E-state index contributed by atoms with van der Waals surface area (Å²) in [5.41, 5.74) is 4.09. The van der Waals surface area contributed by atoms with Crippen molar-refractivity contribution in [3.8, 4) is 0 Å². The molecule has 0 bridgehead atoms. The van der Waals surface area contributed by atoms with Gasteiger partial charge in [0.25, 0.3) is 5.91 Å². The zero-order valence-electron chi connectivity index (χ0n) is 22.1. The zero-order valence-corrected chi connectivity index (χ0v) is 22.8. The minimum atomic E-state index is -0.896. The van der Waals surface area contributed by atoms with Crippen LogP contribution in [0.4, 0.5) is 11.4 Å². The fraction of sp³-hybridized carbons (Fsp3) is 0.219. The molecule has 1 atom stereocenters. The minimum absolute atomic E-state index is 0.159. The number of hydrogen-bond acceptors (Lipinski definition) is 5. The van der Waals surface area contributed by atoms with E-state index in [1.165, 1.54) is 0 Å². The molecule has 0 aliphatic carbocycles. The van der Waals surface area contributed by atoms with Gasteiger partial charge in [0.05, 0.1) is 19.6 Å². The van der Waals surface area contributed by atoms with E-state index in [9.17, 15) is 9.59 Å². The van der Waals surface area contributed by atoms with Crippen LogP contribution in [0, 0.1) is 0 Å². The van der Waals surface area contributed by atoms with Crippen LogP contribution in [0.2, 0.25) is 5.02 Å². The smallest absolute Gasteiger partial charge is 0.251 e. The Labute approximate surface area is 239 Å². The topological polar surface area (TPSA) is 74.8 Å². The van der Waals surface area contributed by atoms with Crippen LogP contribution in [-0.4, -0.2) is 48.0 Å². The third kappa shape index (κ3) is 7.05. The number of morpholine rings is 1. The van der Waals surface area contributed by atoms with Gasteiger partial charge in [0.2, 0.25) is 5.91 Å². The third-order valence-electron chi connectivity index (χ3n) is 6.85. The third-order valence-corrected chi connectivity index (χ3v) is 7.10. The fourth-order valence-electron chi connectivity index (χ4n) is 4.79. The molecule has 204 valence electrons. The standard InChI is InChI=1S/C32H31ClN4O3/c33-27-10-8-26(9-11-27)31(32(39)35-28-12-14-29(15-13-28)36-17-19-40-20-18-36)37(23-25-7-4-16-34-22-25)30(38)21-24-5-2-1-3-6-24/h1-16,22,31H,17-21,23H2,(H,35,39)/t31-/m0/s1. The average molecular weight is 555 g/mol. The fourth-order valence-corrected chi connectivity index (χ4v) is 4.92. The number of benzene rings is 3. The summed E-state index contributed by atoms with van der Waals surface area (Å²) in [7, 11) is 0. The minimum Gasteiger partial charge on any atom is -0.378 e. The van der Waals surface area contributed by atoms with Crippen molar-refractivity contribution in [2.24, 2.45) is 0 Å². The van der Waals surface area contributed by atoms with E-state index in [-0.39, 0.29) is 24.8 Å². The van der Waals surface area contributed by atoms with E-state index in [1.54, 1.807) is 41.6 Å². The lowest BCUT2D eigenvalue weighted by Crippen LogP contribution is -2.41. The molecule has 1 aromatic heterocycles. The molecule has 1 fully saturated rings. The number of anilines is 2. The Morgan fingerprint density at radius 2 is 1.60 bits per heavy atom. The molecule has 7 nitrogen and oxygen atoms in total. The number of carbonyl (C=O) groups excluding carboxylic acids is 2. The lowest BCUT2D eigenvalue weighted by Gasteiger charge is -2.32. The van der Waals surface area contributed by atoms with Crippen molar-refractivity contribution in [3.63, 3.8) is 0 Å². The Morgan fingerprint density at radius 1 is 0.900 bits per heavy atom. The lowest BCUT2D eigenvalue weighted by molar-refractivity contribution is -0.139. The van der Waals surface area contributed by atoms with E-state index in [1.807, 2.05) is 66.7 Å². The number of amides is 2. The lowest BCUT2D eigenvalue weighted by atomic mass is 10.0. The van der Waals surface area contributed by atoms with Crippen LogP contribution in [0.15, 0.2) is 103 Å². The molecule has 0 spiro atoms. The summed E-state index contributed by atoms with van der Waals surface area (Å²) in [6, 6.07) is 27.2. The summed E-state index contributed by atoms with van der Waals surface area (Å²) in [4.78, 5) is 35.9. The molecule has 0 saturated carbocycles. The summed E-state index contributed by atoms with van der Waals surface area (Å²) in [5, 5.41) is 3.60. The van der Waals surface area contributed by atoms with Crippen molar-refractivity contribution in [3.05, 3.63) is 125 Å². The van der Waals surface area contributed by atoms with Crippen molar-refractivity contribution >= 4 is 34.8 Å². The molecule has 4 aromatic rings. The van der Waals surface area contributed by atoms with Gasteiger partial charge in [0, 0.05) is 48.4 Å². The van der Waals surface area contributed by atoms with E-state index >= 15 is 0 Å². The van der Waals surface area contributed by atoms with Gasteiger partial charge in [-0.2, -0.15) is 0 Å². The molecule has 5 rings (SSSR count). The molecule has 1 N–H and O–H groups in total. The number of ether oxygens (including phenoxy) is 1. The highest BCUT2D eigenvalue weighted by atomic mass is 35.5. The zero-order chi connectivity index (χ0) is 27.7. The molecule has 3 aromatic carbocycles. The van der Waals surface area contributed by atoms with E-state index in [4.69, 9.17) is 16.3 Å². The number of nitrogens with one attached hydrogen (secondary N) is 1. The van der Waals surface area contributed by atoms with Gasteiger partial charge in [-0.25, -0.2) is 0 Å². The first-order valence-electron chi connectivity index (χ1n) is 13.3. The molecular weight excluding hydrogens is 524 g/mol. The molecule has 1 saturated heterocycles. The highest BCUT2D eigenvalue weighted by Gasteiger charge is 2.32. The largest absolute Gasteiger partial charge is 0.378 e. The molecule has 1 aliphatic heterocycles. The molecule has 2 heterocycles. The van der Waals surface area contributed by atoms with Gasteiger partial charge in [-0.1, -0.05) is 60.1 Å². The summed E-state index contributed by atoms with van der Waals surface area (Å²) in [6.45, 7) is 3.28. The van der Waals surface area contributed by atoms with Crippen molar-refractivity contribution in [1.29, 1.82) is 0 Å². The van der Waals surface area contributed by atoms with Crippen LogP contribution < -0.4 is 10.2 Å². The number of nitrogens with zero attached hydrogens (tertiary/aromatic N) is 3. The van der Waals surface area contributed by atoms with E-state index in [0.29, 0.717) is 29.5 Å². The second-order valence-corrected chi connectivity index (χ2v) is 10.1. The van der Waals surface area contributed by atoms with E-state index in [2.05, 4.69) is 15.2 Å². The van der Waals surface area contributed by atoms with Crippen LogP contribution in [-0.2, 0) is 27.3 Å². The molecule has 1 aliphatic rings. The summed E-state index contributed by atoms with van der Waals surface area (Å²) < 4.78 is 5.45. The van der Waals surface area contributed by atoms with Gasteiger partial charge in [-0.05, 0) is 59.2 Å². The number of halogens is 1. The SMILES string of the molecule is O=C(Nc1ccc(N2CCOCC2)cc1)[C@H](c1ccc(Cl)cc1)N(Cc1cccnc1)C(=O)Cc1ccccc1. The van der Waals surface area contributed by atoms with Crippen molar-refractivity contribution in [2.45, 2.75) is 19.0 Å². The first-order valence-corrected chi connectivity index (χ1v) is 13.7. The van der Waals surface area contributed by atoms with E-state index < -0.39 is 6.04 Å². The van der Waals surface area contributed by atoms with Gasteiger partial charge in [-0.15, -0.1) is 0 Å². The maximum Gasteiger partial charge on any atom is 0.251 e. The van der Waals surface area contributed by atoms with Crippen molar-refractivity contribution in [2.75, 3.05) is 36.5 Å². The summed E-state index contributed by atoms with van der Waals surface area (Å²) >= 11 is 6.18. The monoisotopic (exact) mass is 554 g/mol. The number of carbonyl (C=O) groups is 2. The van der Waals surface area contributed by atoms with Gasteiger partial charge in [0.15, 0.2) is 0 Å². The highest BCUT2D eigenvalue weighted by Crippen LogP contribution is 2.28. The van der Waals surface area contributed by atoms with Crippen LogP contribution in [0.25, 0.3) is 0 Å². The molecule has 0 unspecified atom stereocenters. The second-order valence-electron chi connectivity index (χ2n) is 9.63. The van der Waals surface area contributed by atoms with Gasteiger partial charge >= 0.3 is 0 Å². The summed E-state index contributed by atoms with van der Waals surface area (Å²) in [5.74, 6) is -0.487. The van der Waals surface area contributed by atoms with Gasteiger partial charge in [0.1, 0.15) is 6.04 Å². The predicted octanol–water partition coefficient (Wildman–Crippen LogP) is 5.52. The Morgan fingerprint density at radius 3 is 2.27 bits per heavy atom. The van der Waals surface area contributed by atoms with Gasteiger partial charge < -0.3 is 19.9 Å². The normalized spacial score (nSPS) is 13.9. The Kier molecular flexibility index (Phi) is 9.06. The van der Waals surface area contributed by atoms with E-state index in [0.717, 1.165) is 29.9 Å². The molecule has 40 heavy (non-hydrogen) atoms. The first-order chi connectivity index (χ1) is 19.6. The molecule has 2 amide bonds. The number of hydrogen-bond donors (Lipinski definition) is 1. The Balaban J connectivity index is 1.45. The maximum atomic E-state index is 14.0. The Hall–Kier alpha value is -4.20. The predicted molar refractivity (Wildman–Crippen MR) is 157 cm³/mol. The number of rotatable bonds is 9. The molecule has 0 radical (unpaired) electrons. The first kappa shape index (κ1) is 27.4. The maximum absolute atomic E-state index is 14.0.